The van der Waals surface area contributed by atoms with Crippen molar-refractivity contribution >= 4 is 45.7 Å². The van der Waals surface area contributed by atoms with Crippen LogP contribution in [0.1, 0.15) is 0 Å². The van der Waals surface area contributed by atoms with Crippen molar-refractivity contribution in [2.45, 2.75) is 0 Å². The molecule has 4 nitrogen and oxygen atoms in total. The van der Waals surface area contributed by atoms with Crippen LogP contribution in [0.5, 0.6) is 5.75 Å². The second-order valence-corrected chi connectivity index (χ2v) is 4.44. The van der Waals surface area contributed by atoms with Gasteiger partial charge in [-0.25, -0.2) is 0 Å². The molecule has 0 saturated heterocycles. The average Bonchev–Trinajstić information content (AvgIpc) is 2.35. The standard InChI is InChI=1S/C10H4Cl3NO3/c11-3-1-4(12)9-7(8(3)13)5(15)2-6(16)10(17)14-9/h1-2,16H,(H,14,17). The lowest BCUT2D eigenvalue weighted by atomic mass is 10.2. The lowest BCUT2D eigenvalue weighted by Gasteiger charge is -2.00. The number of fused-ring (bicyclic) bond motifs is 1. The Labute approximate surface area is 109 Å². The van der Waals surface area contributed by atoms with Crippen LogP contribution in [0.4, 0.5) is 0 Å². The number of hydrogen-bond donors (Lipinski definition) is 2. The van der Waals surface area contributed by atoms with Crippen LogP contribution < -0.4 is 11.0 Å². The molecule has 2 aromatic rings. The molecule has 88 valence electrons. The normalized spacial score (nSPS) is 10.8. The van der Waals surface area contributed by atoms with Gasteiger partial charge in [0, 0.05) is 6.07 Å². The van der Waals surface area contributed by atoms with Crippen molar-refractivity contribution in [1.82, 2.24) is 4.98 Å². The Morgan fingerprint density at radius 3 is 2.35 bits per heavy atom. The van der Waals surface area contributed by atoms with Crippen LogP contribution in [0.2, 0.25) is 15.1 Å². The van der Waals surface area contributed by atoms with Crippen molar-refractivity contribution < 1.29 is 5.11 Å². The maximum atomic E-state index is 11.8. The van der Waals surface area contributed by atoms with Crippen LogP contribution in [0, 0.1) is 0 Å². The predicted octanol–water partition coefficient (Wildman–Crippen LogP) is 2.55. The monoisotopic (exact) mass is 291 g/mol. The first-order valence-corrected chi connectivity index (χ1v) is 5.49. The molecule has 17 heavy (non-hydrogen) atoms. The molecule has 0 unspecified atom stereocenters. The van der Waals surface area contributed by atoms with Gasteiger partial charge in [0.2, 0.25) is 0 Å². The predicted molar refractivity (Wildman–Crippen MR) is 67.5 cm³/mol. The molecule has 0 amide bonds. The number of hydrogen-bond acceptors (Lipinski definition) is 3. The Morgan fingerprint density at radius 1 is 1.06 bits per heavy atom. The Balaban J connectivity index is 3.24. The number of aromatic nitrogens is 1. The summed E-state index contributed by atoms with van der Waals surface area (Å²) in [6, 6.07) is 2.07. The zero-order valence-electron chi connectivity index (χ0n) is 8.05. The van der Waals surface area contributed by atoms with Gasteiger partial charge in [0.05, 0.1) is 26.0 Å². The van der Waals surface area contributed by atoms with E-state index in [1.54, 1.807) is 0 Å². The minimum Gasteiger partial charge on any atom is -0.503 e. The first-order valence-electron chi connectivity index (χ1n) is 4.35. The Morgan fingerprint density at radius 2 is 1.71 bits per heavy atom. The summed E-state index contributed by atoms with van der Waals surface area (Å²) in [6.45, 7) is 0. The Hall–Kier alpha value is -1.23. The molecule has 0 aliphatic heterocycles. The number of benzene rings is 1. The van der Waals surface area contributed by atoms with Gasteiger partial charge in [0.1, 0.15) is 0 Å². The molecule has 0 aliphatic carbocycles. The second kappa shape index (κ2) is 4.22. The highest BCUT2D eigenvalue weighted by Gasteiger charge is 2.12. The molecule has 1 aromatic carbocycles. The third-order valence-electron chi connectivity index (χ3n) is 2.16. The first-order chi connectivity index (χ1) is 7.91. The SMILES string of the molecule is O=c1[nH]c2c(Cl)cc(Cl)c(Cl)c2c(=O)cc1O. The molecule has 0 saturated carbocycles. The fourth-order valence-corrected chi connectivity index (χ4v) is 2.14. The van der Waals surface area contributed by atoms with Crippen molar-refractivity contribution in [2.75, 3.05) is 0 Å². The van der Waals surface area contributed by atoms with E-state index in [0.29, 0.717) is 0 Å². The third-order valence-corrected chi connectivity index (χ3v) is 3.24. The summed E-state index contributed by atoms with van der Waals surface area (Å²) in [4.78, 5) is 25.4. The van der Waals surface area contributed by atoms with Gasteiger partial charge >= 0.3 is 0 Å². The lowest BCUT2D eigenvalue weighted by molar-refractivity contribution is 0.468. The highest BCUT2D eigenvalue weighted by atomic mass is 35.5. The number of H-pyrrole nitrogens is 1. The molecule has 1 heterocycles. The number of nitrogens with one attached hydrogen (secondary N) is 1. The zero-order chi connectivity index (χ0) is 12.7. The summed E-state index contributed by atoms with van der Waals surface area (Å²) in [5.74, 6) is -0.713. The number of aromatic amines is 1. The van der Waals surface area contributed by atoms with E-state index in [4.69, 9.17) is 34.8 Å². The number of rotatable bonds is 0. The number of halogens is 3. The van der Waals surface area contributed by atoms with E-state index >= 15 is 0 Å². The van der Waals surface area contributed by atoms with Gasteiger partial charge in [-0.05, 0) is 6.07 Å². The summed E-state index contributed by atoms with van der Waals surface area (Å²) in [6.07, 6.45) is 0. The minimum atomic E-state index is -0.836. The fourth-order valence-electron chi connectivity index (χ4n) is 1.39. The largest absolute Gasteiger partial charge is 0.503 e. The van der Waals surface area contributed by atoms with Gasteiger partial charge < -0.3 is 10.1 Å². The average molecular weight is 293 g/mol. The van der Waals surface area contributed by atoms with Crippen LogP contribution in [0.25, 0.3) is 10.9 Å². The molecule has 0 radical (unpaired) electrons. The third kappa shape index (κ3) is 1.99. The summed E-state index contributed by atoms with van der Waals surface area (Å²) in [5, 5.41) is 9.35. The molecule has 1 aromatic heterocycles. The van der Waals surface area contributed by atoms with Crippen molar-refractivity contribution in [3.8, 4) is 5.75 Å². The highest BCUT2D eigenvalue weighted by Crippen LogP contribution is 2.32. The van der Waals surface area contributed by atoms with E-state index in [2.05, 4.69) is 4.98 Å². The van der Waals surface area contributed by atoms with E-state index in [0.717, 1.165) is 6.07 Å². The second-order valence-electron chi connectivity index (χ2n) is 3.25. The van der Waals surface area contributed by atoms with Crippen LogP contribution in [0.15, 0.2) is 21.7 Å². The van der Waals surface area contributed by atoms with E-state index in [1.807, 2.05) is 0 Å². The van der Waals surface area contributed by atoms with Crippen LogP contribution >= 0.6 is 34.8 Å². The van der Waals surface area contributed by atoms with E-state index in [9.17, 15) is 14.7 Å². The topological polar surface area (TPSA) is 70.2 Å². The molecule has 2 N–H and O–H groups in total. The summed E-state index contributed by atoms with van der Waals surface area (Å²) in [5.41, 5.74) is -1.45. The molecular formula is C10H4Cl3NO3. The van der Waals surface area contributed by atoms with Gasteiger partial charge in [-0.15, -0.1) is 0 Å². The summed E-state index contributed by atoms with van der Waals surface area (Å²) >= 11 is 17.5. The summed E-state index contributed by atoms with van der Waals surface area (Å²) in [7, 11) is 0. The molecule has 0 spiro atoms. The zero-order valence-corrected chi connectivity index (χ0v) is 10.3. The van der Waals surface area contributed by atoms with Gasteiger partial charge in [-0.3, -0.25) is 9.59 Å². The lowest BCUT2D eigenvalue weighted by Crippen LogP contribution is -2.00. The van der Waals surface area contributed by atoms with E-state index < -0.39 is 16.7 Å². The fraction of sp³-hybridized carbons (Fsp3) is 0. The van der Waals surface area contributed by atoms with Crippen LogP contribution in [-0.4, -0.2) is 10.1 Å². The Bertz CT molecular complexity index is 739. The maximum Gasteiger partial charge on any atom is 0.290 e. The van der Waals surface area contributed by atoms with E-state index in [1.165, 1.54) is 6.07 Å². The molecule has 7 heteroatoms. The van der Waals surface area contributed by atoms with Crippen LogP contribution in [-0.2, 0) is 0 Å². The molecular weight excluding hydrogens is 288 g/mol. The van der Waals surface area contributed by atoms with E-state index in [-0.39, 0.29) is 26.0 Å². The quantitative estimate of drug-likeness (QED) is 0.733. The molecule has 0 fully saturated rings. The van der Waals surface area contributed by atoms with Crippen molar-refractivity contribution in [3.63, 3.8) is 0 Å². The van der Waals surface area contributed by atoms with Crippen molar-refractivity contribution in [1.29, 1.82) is 0 Å². The van der Waals surface area contributed by atoms with Crippen molar-refractivity contribution in [3.05, 3.63) is 47.8 Å². The molecule has 0 aliphatic rings. The van der Waals surface area contributed by atoms with Gasteiger partial charge in [-0.1, -0.05) is 34.8 Å². The molecule has 2 rings (SSSR count). The summed E-state index contributed by atoms with van der Waals surface area (Å²) < 4.78 is 0. The smallest absolute Gasteiger partial charge is 0.290 e. The molecule has 0 bridgehead atoms. The van der Waals surface area contributed by atoms with Gasteiger partial charge in [0.25, 0.3) is 5.56 Å². The van der Waals surface area contributed by atoms with Crippen molar-refractivity contribution in [2.24, 2.45) is 0 Å². The molecule has 0 atom stereocenters. The first kappa shape index (κ1) is 12.2. The number of aromatic hydroxyl groups is 1. The van der Waals surface area contributed by atoms with Crippen LogP contribution in [0.3, 0.4) is 0 Å². The highest BCUT2D eigenvalue weighted by molar-refractivity contribution is 6.47. The maximum absolute atomic E-state index is 11.8. The minimum absolute atomic E-state index is 0.0256. The van der Waals surface area contributed by atoms with Gasteiger partial charge in [-0.2, -0.15) is 0 Å². The Kier molecular flexibility index (Phi) is 3.03. The van der Waals surface area contributed by atoms with Gasteiger partial charge in [0.15, 0.2) is 11.2 Å².